The molecule has 3 aromatic rings. The van der Waals surface area contributed by atoms with Gasteiger partial charge in [0.15, 0.2) is 0 Å². The monoisotopic (exact) mass is 419 g/mol. The quantitative estimate of drug-likeness (QED) is 0.623. The summed E-state index contributed by atoms with van der Waals surface area (Å²) in [5.41, 5.74) is 7.59. The second-order valence-corrected chi connectivity index (χ2v) is 9.22. The molecule has 0 heterocycles. The Morgan fingerprint density at radius 1 is 0.933 bits per heavy atom. The van der Waals surface area contributed by atoms with Crippen molar-refractivity contribution in [2.75, 3.05) is 17.6 Å². The van der Waals surface area contributed by atoms with Crippen LogP contribution in [-0.2, 0) is 22.9 Å². The lowest BCUT2D eigenvalue weighted by atomic mass is 9.92. The Bertz CT molecular complexity index is 1210. The van der Waals surface area contributed by atoms with Gasteiger partial charge in [0.1, 0.15) is 5.75 Å². The molecule has 0 fully saturated rings. The van der Waals surface area contributed by atoms with Gasteiger partial charge in [0, 0.05) is 5.69 Å². The van der Waals surface area contributed by atoms with Crippen LogP contribution >= 0.6 is 0 Å². The molecule has 0 spiro atoms. The van der Waals surface area contributed by atoms with E-state index in [0.717, 1.165) is 36.0 Å². The molecule has 0 aliphatic heterocycles. The van der Waals surface area contributed by atoms with Crippen LogP contribution in [0.25, 0.3) is 11.6 Å². The predicted molar refractivity (Wildman–Crippen MR) is 123 cm³/mol. The van der Waals surface area contributed by atoms with Crippen molar-refractivity contribution < 1.29 is 13.2 Å². The summed E-state index contributed by atoms with van der Waals surface area (Å²) < 4.78 is 31.5. The fraction of sp³-hybridized carbons (Fsp3) is 0.200. The van der Waals surface area contributed by atoms with Crippen molar-refractivity contribution in [3.63, 3.8) is 0 Å². The van der Waals surface area contributed by atoms with Gasteiger partial charge in [0.05, 0.1) is 12.9 Å². The number of rotatable bonds is 5. The van der Waals surface area contributed by atoms with E-state index in [0.29, 0.717) is 12.3 Å². The first-order valence-electron chi connectivity index (χ1n) is 10.1. The molecule has 3 aromatic carbocycles. The van der Waals surface area contributed by atoms with Crippen molar-refractivity contribution in [1.82, 2.24) is 0 Å². The maximum absolute atomic E-state index is 11.6. The molecule has 1 aliphatic carbocycles. The van der Waals surface area contributed by atoms with E-state index in [2.05, 4.69) is 47.2 Å². The van der Waals surface area contributed by atoms with Crippen LogP contribution in [0.1, 0.15) is 34.7 Å². The zero-order valence-electron chi connectivity index (χ0n) is 17.2. The molecule has 0 saturated heterocycles. The molecule has 0 radical (unpaired) electrons. The van der Waals surface area contributed by atoms with E-state index < -0.39 is 10.0 Å². The number of benzene rings is 3. The van der Waals surface area contributed by atoms with Crippen LogP contribution in [0.4, 0.5) is 5.69 Å². The normalized spacial score (nSPS) is 14.5. The van der Waals surface area contributed by atoms with Gasteiger partial charge in [-0.25, -0.2) is 8.42 Å². The van der Waals surface area contributed by atoms with E-state index in [1.165, 1.54) is 22.3 Å². The molecule has 0 unspecified atom stereocenters. The number of hydrogen-bond donors (Lipinski definition) is 1. The Morgan fingerprint density at radius 2 is 1.70 bits per heavy atom. The third-order valence-electron chi connectivity index (χ3n) is 5.15. The molecule has 0 saturated carbocycles. The zero-order valence-corrected chi connectivity index (χ0v) is 18.0. The molecule has 1 N–H and O–H groups in total. The minimum Gasteiger partial charge on any atom is -0.494 e. The standard InChI is InChI=1S/C25H25NO3S/c1-3-29-22-13-14-24-20(17-22)12-11-19-8-4-5-10-23(19)25(24)16-18-7-6-9-21(15-18)26-30(2,27)28/h4-10,13-17,26H,3,11-12H2,1-2H3/b25-16+. The molecule has 1 aliphatic rings. The summed E-state index contributed by atoms with van der Waals surface area (Å²) in [4.78, 5) is 0. The highest BCUT2D eigenvalue weighted by atomic mass is 32.2. The van der Waals surface area contributed by atoms with Crippen molar-refractivity contribution in [2.45, 2.75) is 19.8 Å². The molecule has 0 aromatic heterocycles. The lowest BCUT2D eigenvalue weighted by Gasteiger charge is -2.14. The maximum Gasteiger partial charge on any atom is 0.229 e. The van der Waals surface area contributed by atoms with Gasteiger partial charge < -0.3 is 4.74 Å². The second kappa shape index (κ2) is 8.36. The van der Waals surface area contributed by atoms with E-state index in [1.54, 1.807) is 6.07 Å². The molecule has 30 heavy (non-hydrogen) atoms. The van der Waals surface area contributed by atoms with Crippen molar-refractivity contribution in [1.29, 1.82) is 0 Å². The van der Waals surface area contributed by atoms with Crippen LogP contribution in [-0.4, -0.2) is 21.3 Å². The summed E-state index contributed by atoms with van der Waals surface area (Å²) in [5.74, 6) is 0.890. The van der Waals surface area contributed by atoms with E-state index >= 15 is 0 Å². The van der Waals surface area contributed by atoms with Gasteiger partial charge in [-0.2, -0.15) is 0 Å². The van der Waals surface area contributed by atoms with E-state index in [4.69, 9.17) is 4.74 Å². The first-order chi connectivity index (χ1) is 14.4. The average molecular weight is 420 g/mol. The Kier molecular flexibility index (Phi) is 5.64. The molecular formula is C25H25NO3S. The van der Waals surface area contributed by atoms with Crippen molar-refractivity contribution in [3.05, 3.63) is 94.5 Å². The minimum absolute atomic E-state index is 0.556. The molecule has 5 heteroatoms. The summed E-state index contributed by atoms with van der Waals surface area (Å²) >= 11 is 0. The fourth-order valence-corrected chi connectivity index (χ4v) is 4.49. The van der Waals surface area contributed by atoms with Gasteiger partial charge in [-0.05, 0) is 83.5 Å². The van der Waals surface area contributed by atoms with Gasteiger partial charge in [0.25, 0.3) is 0 Å². The van der Waals surface area contributed by atoms with Crippen molar-refractivity contribution in [2.24, 2.45) is 0 Å². The topological polar surface area (TPSA) is 55.4 Å². The van der Waals surface area contributed by atoms with Crippen LogP contribution < -0.4 is 9.46 Å². The number of hydrogen-bond acceptors (Lipinski definition) is 3. The Morgan fingerprint density at radius 3 is 2.50 bits per heavy atom. The molecule has 0 amide bonds. The maximum atomic E-state index is 11.6. The van der Waals surface area contributed by atoms with Gasteiger partial charge in [0.2, 0.25) is 10.0 Å². The number of ether oxygens (including phenoxy) is 1. The predicted octanol–water partition coefficient (Wildman–Crippen LogP) is 5.14. The number of fused-ring (bicyclic) bond motifs is 2. The lowest BCUT2D eigenvalue weighted by molar-refractivity contribution is 0.340. The van der Waals surface area contributed by atoms with Crippen LogP contribution in [0, 0.1) is 0 Å². The third kappa shape index (κ3) is 4.57. The summed E-state index contributed by atoms with van der Waals surface area (Å²) in [7, 11) is -3.33. The van der Waals surface area contributed by atoms with Crippen LogP contribution in [0.3, 0.4) is 0 Å². The number of sulfonamides is 1. The van der Waals surface area contributed by atoms with E-state index in [-0.39, 0.29) is 0 Å². The summed E-state index contributed by atoms with van der Waals surface area (Å²) in [6, 6.07) is 22.2. The van der Waals surface area contributed by atoms with E-state index in [1.807, 2.05) is 31.2 Å². The summed E-state index contributed by atoms with van der Waals surface area (Å²) in [6.45, 7) is 2.63. The smallest absolute Gasteiger partial charge is 0.229 e. The molecular weight excluding hydrogens is 394 g/mol. The average Bonchev–Trinajstić information content (AvgIpc) is 2.85. The molecule has 154 valence electrons. The number of nitrogens with one attached hydrogen (secondary N) is 1. The first kappa shape index (κ1) is 20.2. The minimum atomic E-state index is -3.33. The second-order valence-electron chi connectivity index (χ2n) is 7.47. The molecule has 4 rings (SSSR count). The molecule has 0 atom stereocenters. The highest BCUT2D eigenvalue weighted by molar-refractivity contribution is 7.92. The Labute approximate surface area is 178 Å². The highest BCUT2D eigenvalue weighted by Gasteiger charge is 2.18. The first-order valence-corrected chi connectivity index (χ1v) is 12.0. The summed E-state index contributed by atoms with van der Waals surface area (Å²) in [6.07, 6.45) is 5.20. The highest BCUT2D eigenvalue weighted by Crippen LogP contribution is 2.36. The number of aryl methyl sites for hydroxylation is 2. The summed E-state index contributed by atoms with van der Waals surface area (Å²) in [5, 5.41) is 0. The third-order valence-corrected chi connectivity index (χ3v) is 5.76. The van der Waals surface area contributed by atoms with Crippen LogP contribution in [0.2, 0.25) is 0 Å². The Hall–Kier alpha value is -3.05. The zero-order chi connectivity index (χ0) is 21.1. The number of anilines is 1. The van der Waals surface area contributed by atoms with Gasteiger partial charge in [-0.1, -0.05) is 42.5 Å². The van der Waals surface area contributed by atoms with Crippen molar-refractivity contribution in [3.8, 4) is 5.75 Å². The van der Waals surface area contributed by atoms with Gasteiger partial charge >= 0.3 is 0 Å². The fourth-order valence-electron chi connectivity index (χ4n) is 3.94. The van der Waals surface area contributed by atoms with Crippen LogP contribution in [0.5, 0.6) is 5.75 Å². The molecule has 4 nitrogen and oxygen atoms in total. The molecule has 0 bridgehead atoms. The van der Waals surface area contributed by atoms with E-state index in [9.17, 15) is 8.42 Å². The van der Waals surface area contributed by atoms with Gasteiger partial charge in [-0.3, -0.25) is 4.72 Å². The van der Waals surface area contributed by atoms with Crippen LogP contribution in [0.15, 0.2) is 66.7 Å². The Balaban J connectivity index is 1.85. The van der Waals surface area contributed by atoms with Crippen molar-refractivity contribution >= 4 is 27.4 Å². The lowest BCUT2D eigenvalue weighted by Crippen LogP contribution is -2.09. The largest absolute Gasteiger partial charge is 0.494 e. The van der Waals surface area contributed by atoms with Gasteiger partial charge in [-0.15, -0.1) is 0 Å². The SMILES string of the molecule is CCOc1ccc2c(c1)CCc1ccccc1/C2=C\c1cccc(NS(C)(=O)=O)c1.